The van der Waals surface area contributed by atoms with Crippen LogP contribution >= 0.6 is 0 Å². The van der Waals surface area contributed by atoms with E-state index >= 15 is 0 Å². The summed E-state index contributed by atoms with van der Waals surface area (Å²) < 4.78 is 41.7. The molecular weight excluding hydrogens is 468 g/mol. The van der Waals surface area contributed by atoms with Gasteiger partial charge in [0, 0.05) is 20.1 Å². The molecule has 3 rings (SSSR count). The molecule has 9 heteroatoms. The number of nitrogens with zero attached hydrogens (tertiary/aromatic N) is 1. The zero-order valence-electron chi connectivity index (χ0n) is 20.6. The number of ether oxygens (including phenoxy) is 3. The van der Waals surface area contributed by atoms with E-state index < -0.39 is 9.84 Å². The summed E-state index contributed by atoms with van der Waals surface area (Å²) in [5.41, 5.74) is 0.960. The number of carbonyl (C=O) groups is 1. The molecule has 1 amide bonds. The number of nitrogens with one attached hydrogen (secondary N) is 1. The molecule has 190 valence electrons. The van der Waals surface area contributed by atoms with Crippen LogP contribution in [0.3, 0.4) is 0 Å². The molecule has 1 fully saturated rings. The standard InChI is InChI=1S/C26H34N2O6S/c1-4-23(34-20-8-5-6-9-20)25(26(29)28-24-15-12-21(33-3)18-27-24)19-10-13-22(14-11-19)35(30,31)17-7-16-32-2/h10-15,18,20H,4-9,16-17H2,1-3H3,(H,27,28,29)/b25-23+. The fraction of sp³-hybridized carbons (Fsp3) is 0.462. The molecule has 0 bridgehead atoms. The molecule has 1 aliphatic carbocycles. The maximum atomic E-state index is 13.4. The molecule has 1 aromatic heterocycles. The normalized spacial score (nSPS) is 14.9. The van der Waals surface area contributed by atoms with Crippen LogP contribution in [0.1, 0.15) is 51.0 Å². The maximum Gasteiger partial charge on any atom is 0.260 e. The van der Waals surface area contributed by atoms with Crippen molar-refractivity contribution in [1.29, 1.82) is 0 Å². The number of hydrogen-bond acceptors (Lipinski definition) is 7. The van der Waals surface area contributed by atoms with Crippen LogP contribution in [0.25, 0.3) is 5.57 Å². The van der Waals surface area contributed by atoms with Crippen molar-refractivity contribution in [1.82, 2.24) is 4.98 Å². The number of anilines is 1. The fourth-order valence-corrected chi connectivity index (χ4v) is 5.32. The van der Waals surface area contributed by atoms with E-state index in [0.717, 1.165) is 25.7 Å². The Morgan fingerprint density at radius 3 is 2.37 bits per heavy atom. The third kappa shape index (κ3) is 7.29. The summed E-state index contributed by atoms with van der Waals surface area (Å²) in [5.74, 6) is 1.17. The zero-order chi connectivity index (χ0) is 25.3. The summed E-state index contributed by atoms with van der Waals surface area (Å²) in [4.78, 5) is 17.9. The SMILES string of the molecule is CC/C(OC1CCCC1)=C(\C(=O)Nc1ccc(OC)cn1)c1ccc(S(=O)(=O)CCCOC)cc1. The number of rotatable bonds is 12. The Balaban J connectivity index is 1.92. The summed E-state index contributed by atoms with van der Waals surface area (Å²) in [7, 11) is -0.355. The smallest absolute Gasteiger partial charge is 0.260 e. The van der Waals surface area contributed by atoms with Crippen molar-refractivity contribution >= 4 is 27.1 Å². The van der Waals surface area contributed by atoms with Gasteiger partial charge in [0.2, 0.25) is 0 Å². The van der Waals surface area contributed by atoms with Crippen LogP contribution in [0.4, 0.5) is 5.82 Å². The molecule has 0 aliphatic heterocycles. The van der Waals surface area contributed by atoms with Gasteiger partial charge in [0.1, 0.15) is 17.3 Å². The Hall–Kier alpha value is -2.91. The molecular formula is C26H34N2O6S. The van der Waals surface area contributed by atoms with Gasteiger partial charge in [-0.05, 0) is 61.9 Å². The van der Waals surface area contributed by atoms with Gasteiger partial charge in [0.05, 0.1) is 35.6 Å². The van der Waals surface area contributed by atoms with Gasteiger partial charge < -0.3 is 19.5 Å². The van der Waals surface area contributed by atoms with E-state index in [4.69, 9.17) is 14.2 Å². The van der Waals surface area contributed by atoms with Gasteiger partial charge in [-0.2, -0.15) is 0 Å². The predicted molar refractivity (Wildman–Crippen MR) is 135 cm³/mol. The van der Waals surface area contributed by atoms with Gasteiger partial charge in [-0.3, -0.25) is 4.79 Å². The highest BCUT2D eigenvalue weighted by atomic mass is 32.2. The zero-order valence-corrected chi connectivity index (χ0v) is 21.4. The lowest BCUT2D eigenvalue weighted by Crippen LogP contribution is -2.19. The first-order chi connectivity index (χ1) is 16.9. The Bertz CT molecular complexity index is 1110. The van der Waals surface area contributed by atoms with E-state index in [2.05, 4.69) is 10.3 Å². The number of sulfone groups is 1. The number of allylic oxidation sites excluding steroid dienone is 1. The van der Waals surface area contributed by atoms with Crippen molar-refractivity contribution in [3.05, 3.63) is 53.9 Å². The lowest BCUT2D eigenvalue weighted by Gasteiger charge is -2.20. The average Bonchev–Trinajstić information content (AvgIpc) is 3.38. The van der Waals surface area contributed by atoms with Crippen LogP contribution in [0, 0.1) is 0 Å². The summed E-state index contributed by atoms with van der Waals surface area (Å²) in [6.07, 6.45) is 6.66. The lowest BCUT2D eigenvalue weighted by molar-refractivity contribution is -0.111. The summed E-state index contributed by atoms with van der Waals surface area (Å²) in [6, 6.07) is 9.78. The third-order valence-corrected chi connectivity index (χ3v) is 7.73. The van der Waals surface area contributed by atoms with Crippen LogP contribution in [0.5, 0.6) is 5.75 Å². The largest absolute Gasteiger partial charge is 0.495 e. The van der Waals surface area contributed by atoms with Crippen molar-refractivity contribution in [2.45, 2.75) is 56.4 Å². The van der Waals surface area contributed by atoms with Gasteiger partial charge in [-0.1, -0.05) is 19.1 Å². The molecule has 0 radical (unpaired) electrons. The number of pyridine rings is 1. The van der Waals surface area contributed by atoms with Crippen molar-refractivity contribution in [2.75, 3.05) is 31.9 Å². The highest BCUT2D eigenvalue weighted by Crippen LogP contribution is 2.30. The molecule has 0 saturated heterocycles. The van der Waals surface area contributed by atoms with Crippen LogP contribution in [0.2, 0.25) is 0 Å². The second-order valence-electron chi connectivity index (χ2n) is 8.40. The minimum Gasteiger partial charge on any atom is -0.495 e. The molecule has 0 spiro atoms. The number of methoxy groups -OCH3 is 2. The summed E-state index contributed by atoms with van der Waals surface area (Å²) in [5, 5.41) is 2.84. The van der Waals surface area contributed by atoms with Gasteiger partial charge in [-0.25, -0.2) is 13.4 Å². The first-order valence-corrected chi connectivity index (χ1v) is 13.6. The van der Waals surface area contributed by atoms with Crippen LogP contribution < -0.4 is 10.1 Å². The molecule has 1 aliphatic rings. The first-order valence-electron chi connectivity index (χ1n) is 11.9. The van der Waals surface area contributed by atoms with E-state index in [9.17, 15) is 13.2 Å². The van der Waals surface area contributed by atoms with E-state index in [0.29, 0.717) is 47.9 Å². The molecule has 0 unspecified atom stereocenters. The fourth-order valence-electron chi connectivity index (χ4n) is 4.04. The topological polar surface area (TPSA) is 104 Å². The quantitative estimate of drug-likeness (QED) is 0.257. The summed E-state index contributed by atoms with van der Waals surface area (Å²) in [6.45, 7) is 2.32. The van der Waals surface area contributed by atoms with Crippen LogP contribution in [-0.4, -0.2) is 52.0 Å². The second kappa shape index (κ2) is 12.7. The van der Waals surface area contributed by atoms with Gasteiger partial charge >= 0.3 is 0 Å². The average molecular weight is 503 g/mol. The molecule has 8 nitrogen and oxygen atoms in total. The summed E-state index contributed by atoms with van der Waals surface area (Å²) >= 11 is 0. The second-order valence-corrected chi connectivity index (χ2v) is 10.5. The minimum absolute atomic E-state index is 0.00247. The highest BCUT2D eigenvalue weighted by molar-refractivity contribution is 7.91. The number of benzene rings is 1. The van der Waals surface area contributed by atoms with Crippen molar-refractivity contribution in [2.24, 2.45) is 0 Å². The molecule has 1 heterocycles. The predicted octanol–water partition coefficient (Wildman–Crippen LogP) is 4.62. The third-order valence-electron chi connectivity index (χ3n) is 5.92. The van der Waals surface area contributed by atoms with Crippen molar-refractivity contribution in [3.8, 4) is 5.75 Å². The lowest BCUT2D eigenvalue weighted by atomic mass is 10.0. The van der Waals surface area contributed by atoms with Gasteiger partial charge in [-0.15, -0.1) is 0 Å². The Morgan fingerprint density at radius 2 is 1.80 bits per heavy atom. The van der Waals surface area contributed by atoms with Crippen LogP contribution in [0.15, 0.2) is 53.2 Å². The molecule has 35 heavy (non-hydrogen) atoms. The van der Waals surface area contributed by atoms with E-state index in [1.165, 1.54) is 6.20 Å². The number of aromatic nitrogens is 1. The van der Waals surface area contributed by atoms with Gasteiger partial charge in [0.25, 0.3) is 5.91 Å². The maximum absolute atomic E-state index is 13.4. The highest BCUT2D eigenvalue weighted by Gasteiger charge is 2.24. The number of hydrogen-bond donors (Lipinski definition) is 1. The van der Waals surface area contributed by atoms with E-state index in [1.54, 1.807) is 50.6 Å². The van der Waals surface area contributed by atoms with Crippen LogP contribution in [-0.2, 0) is 24.1 Å². The molecule has 1 N–H and O–H groups in total. The monoisotopic (exact) mass is 502 g/mol. The molecule has 1 aromatic carbocycles. The Morgan fingerprint density at radius 1 is 1.09 bits per heavy atom. The molecule has 1 saturated carbocycles. The molecule has 2 aromatic rings. The van der Waals surface area contributed by atoms with E-state index in [1.807, 2.05) is 6.92 Å². The Labute approximate surface area is 207 Å². The Kier molecular flexibility index (Phi) is 9.68. The van der Waals surface area contributed by atoms with Gasteiger partial charge in [0.15, 0.2) is 9.84 Å². The number of carbonyl (C=O) groups excluding carboxylic acids is 1. The minimum atomic E-state index is -3.44. The van der Waals surface area contributed by atoms with Crippen molar-refractivity contribution < 1.29 is 27.4 Å². The molecule has 0 atom stereocenters. The number of amides is 1. The first kappa shape index (κ1) is 26.7. The van der Waals surface area contributed by atoms with E-state index in [-0.39, 0.29) is 22.7 Å². The van der Waals surface area contributed by atoms with Crippen molar-refractivity contribution in [3.63, 3.8) is 0 Å².